The number of ether oxygens (including phenoxy) is 3. The zero-order valence-corrected chi connectivity index (χ0v) is 17.0. The Hall–Kier alpha value is -3.02. The number of hydrogen-bond acceptors (Lipinski definition) is 5. The second kappa shape index (κ2) is 9.26. The van der Waals surface area contributed by atoms with Crippen LogP contribution in [0.15, 0.2) is 48.5 Å². The largest absolute Gasteiger partial charge is 0.493 e. The first kappa shape index (κ1) is 21.3. The van der Waals surface area contributed by atoms with Crippen LogP contribution in [0.25, 0.3) is 0 Å². The average Bonchev–Trinajstić information content (AvgIpc) is 2.69. The Bertz CT molecular complexity index is 811. The lowest BCUT2D eigenvalue weighted by molar-refractivity contribution is -0.140. The molecule has 0 unspecified atom stereocenters. The number of carbonyl (C=O) groups excluding carboxylic acids is 2. The molecule has 6 heteroatoms. The Labute approximate surface area is 166 Å². The third kappa shape index (κ3) is 5.49. The van der Waals surface area contributed by atoms with Crippen molar-refractivity contribution in [1.82, 2.24) is 4.90 Å². The van der Waals surface area contributed by atoms with Gasteiger partial charge in [-0.2, -0.15) is 0 Å². The van der Waals surface area contributed by atoms with E-state index in [9.17, 15) is 9.59 Å². The fraction of sp³-hybridized carbons (Fsp3) is 0.364. The van der Waals surface area contributed by atoms with Crippen LogP contribution in [0.5, 0.6) is 11.5 Å². The van der Waals surface area contributed by atoms with Crippen LogP contribution < -0.4 is 9.47 Å². The van der Waals surface area contributed by atoms with E-state index in [0.29, 0.717) is 18.0 Å². The zero-order chi connectivity index (χ0) is 20.7. The number of rotatable bonds is 7. The summed E-state index contributed by atoms with van der Waals surface area (Å²) in [6, 6.07) is 14.4. The van der Waals surface area contributed by atoms with Crippen molar-refractivity contribution >= 4 is 11.9 Å². The van der Waals surface area contributed by atoms with Crippen LogP contribution in [-0.4, -0.2) is 43.1 Å². The predicted molar refractivity (Wildman–Crippen MR) is 107 cm³/mol. The molecular weight excluding hydrogens is 358 g/mol. The van der Waals surface area contributed by atoms with E-state index in [1.165, 1.54) is 20.3 Å². The molecule has 0 heterocycles. The van der Waals surface area contributed by atoms with Gasteiger partial charge in [0.1, 0.15) is 0 Å². The highest BCUT2D eigenvalue weighted by atomic mass is 16.5. The molecule has 0 saturated heterocycles. The molecule has 1 amide bonds. The normalized spacial score (nSPS) is 10.9. The smallest absolute Gasteiger partial charge is 0.338 e. The quantitative estimate of drug-likeness (QED) is 0.680. The number of methoxy groups -OCH3 is 2. The second-order valence-corrected chi connectivity index (χ2v) is 7.28. The first-order valence-corrected chi connectivity index (χ1v) is 9.00. The fourth-order valence-corrected chi connectivity index (χ4v) is 2.72. The summed E-state index contributed by atoms with van der Waals surface area (Å²) in [6.45, 7) is 5.95. The molecule has 0 spiro atoms. The lowest BCUT2D eigenvalue weighted by Crippen LogP contribution is -2.46. The van der Waals surface area contributed by atoms with E-state index in [2.05, 4.69) is 0 Å². The van der Waals surface area contributed by atoms with Crippen LogP contribution >= 0.6 is 0 Å². The van der Waals surface area contributed by atoms with Crippen LogP contribution in [0.4, 0.5) is 0 Å². The summed E-state index contributed by atoms with van der Waals surface area (Å²) in [5, 5.41) is 0. The molecule has 150 valence electrons. The van der Waals surface area contributed by atoms with Crippen molar-refractivity contribution in [3.63, 3.8) is 0 Å². The molecule has 0 saturated carbocycles. The molecule has 2 aromatic rings. The van der Waals surface area contributed by atoms with Gasteiger partial charge in [0.05, 0.1) is 19.8 Å². The number of benzene rings is 2. The van der Waals surface area contributed by atoms with E-state index in [4.69, 9.17) is 14.2 Å². The highest BCUT2D eigenvalue weighted by Crippen LogP contribution is 2.27. The number of carbonyl (C=O) groups is 2. The van der Waals surface area contributed by atoms with E-state index in [0.717, 1.165) is 5.56 Å². The third-order valence-electron chi connectivity index (χ3n) is 4.24. The Balaban J connectivity index is 2.06. The van der Waals surface area contributed by atoms with Gasteiger partial charge >= 0.3 is 5.97 Å². The van der Waals surface area contributed by atoms with Gasteiger partial charge in [-0.15, -0.1) is 0 Å². The molecule has 2 rings (SSSR count). The minimum atomic E-state index is -0.595. The summed E-state index contributed by atoms with van der Waals surface area (Å²) in [5.74, 6) is 0.0774. The first-order valence-electron chi connectivity index (χ1n) is 9.00. The van der Waals surface area contributed by atoms with Crippen molar-refractivity contribution in [2.45, 2.75) is 32.9 Å². The van der Waals surface area contributed by atoms with E-state index in [1.54, 1.807) is 17.0 Å². The molecule has 0 bridgehead atoms. The molecule has 0 fully saturated rings. The van der Waals surface area contributed by atoms with Gasteiger partial charge in [0.25, 0.3) is 5.91 Å². The SMILES string of the molecule is COc1ccc(C(=O)OCC(=O)N(Cc2ccccc2)C(C)(C)C)cc1OC. The van der Waals surface area contributed by atoms with Crippen LogP contribution in [-0.2, 0) is 16.1 Å². The molecular formula is C22H27NO5. The maximum atomic E-state index is 12.8. The van der Waals surface area contributed by atoms with E-state index < -0.39 is 11.5 Å². The predicted octanol–water partition coefficient (Wildman–Crippen LogP) is 3.69. The molecule has 0 aliphatic rings. The van der Waals surface area contributed by atoms with Crippen molar-refractivity contribution in [1.29, 1.82) is 0 Å². The third-order valence-corrected chi connectivity index (χ3v) is 4.24. The summed E-state index contributed by atoms with van der Waals surface area (Å²) in [7, 11) is 3.00. The van der Waals surface area contributed by atoms with Crippen LogP contribution in [0.1, 0.15) is 36.7 Å². The molecule has 0 aromatic heterocycles. The van der Waals surface area contributed by atoms with Gasteiger partial charge in [-0.3, -0.25) is 4.79 Å². The highest BCUT2D eigenvalue weighted by molar-refractivity contribution is 5.92. The summed E-state index contributed by atoms with van der Waals surface area (Å²) in [6.07, 6.45) is 0. The number of esters is 1. The topological polar surface area (TPSA) is 65.1 Å². The first-order chi connectivity index (χ1) is 13.3. The van der Waals surface area contributed by atoms with Gasteiger partial charge in [-0.25, -0.2) is 4.79 Å². The second-order valence-electron chi connectivity index (χ2n) is 7.28. The van der Waals surface area contributed by atoms with E-state index in [-0.39, 0.29) is 18.1 Å². The summed E-state index contributed by atoms with van der Waals surface area (Å²) in [4.78, 5) is 26.8. The van der Waals surface area contributed by atoms with Gasteiger partial charge in [0, 0.05) is 12.1 Å². The van der Waals surface area contributed by atoms with Crippen molar-refractivity contribution < 1.29 is 23.8 Å². The minimum Gasteiger partial charge on any atom is -0.493 e. The van der Waals surface area contributed by atoms with Gasteiger partial charge in [-0.05, 0) is 44.5 Å². The van der Waals surface area contributed by atoms with Gasteiger partial charge in [0.15, 0.2) is 18.1 Å². The Morgan fingerprint density at radius 3 is 2.14 bits per heavy atom. The lowest BCUT2D eigenvalue weighted by atomic mass is 10.0. The van der Waals surface area contributed by atoms with Gasteiger partial charge < -0.3 is 19.1 Å². The minimum absolute atomic E-state index is 0.259. The number of amides is 1. The standard InChI is InChI=1S/C22H27NO5/c1-22(2,3)23(14-16-9-7-6-8-10-16)20(24)15-28-21(25)17-11-12-18(26-4)19(13-17)27-5/h6-13H,14-15H2,1-5H3. The Kier molecular flexibility index (Phi) is 7.04. The van der Waals surface area contributed by atoms with Crippen molar-refractivity contribution in [3.8, 4) is 11.5 Å². The average molecular weight is 385 g/mol. The van der Waals surface area contributed by atoms with E-state index >= 15 is 0 Å². The number of nitrogens with zero attached hydrogens (tertiary/aromatic N) is 1. The van der Waals surface area contributed by atoms with Crippen LogP contribution in [0.2, 0.25) is 0 Å². The van der Waals surface area contributed by atoms with E-state index in [1.807, 2.05) is 51.1 Å². The molecule has 2 aromatic carbocycles. The Morgan fingerprint density at radius 2 is 1.57 bits per heavy atom. The highest BCUT2D eigenvalue weighted by Gasteiger charge is 2.27. The van der Waals surface area contributed by atoms with Crippen LogP contribution in [0, 0.1) is 0 Å². The van der Waals surface area contributed by atoms with Crippen LogP contribution in [0.3, 0.4) is 0 Å². The van der Waals surface area contributed by atoms with Crippen molar-refractivity contribution in [3.05, 3.63) is 59.7 Å². The fourth-order valence-electron chi connectivity index (χ4n) is 2.72. The molecule has 0 aliphatic carbocycles. The maximum Gasteiger partial charge on any atom is 0.338 e. The molecule has 28 heavy (non-hydrogen) atoms. The zero-order valence-electron chi connectivity index (χ0n) is 17.0. The summed E-state index contributed by atoms with van der Waals surface area (Å²) >= 11 is 0. The molecule has 0 radical (unpaired) electrons. The number of hydrogen-bond donors (Lipinski definition) is 0. The maximum absolute atomic E-state index is 12.8. The monoisotopic (exact) mass is 385 g/mol. The molecule has 0 atom stereocenters. The molecule has 6 nitrogen and oxygen atoms in total. The van der Waals surface area contributed by atoms with Gasteiger partial charge in [-0.1, -0.05) is 30.3 Å². The van der Waals surface area contributed by atoms with Crippen molar-refractivity contribution in [2.75, 3.05) is 20.8 Å². The lowest BCUT2D eigenvalue weighted by Gasteiger charge is -2.35. The summed E-state index contributed by atoms with van der Waals surface area (Å²) in [5.41, 5.74) is 0.885. The molecule has 0 N–H and O–H groups in total. The Morgan fingerprint density at radius 1 is 0.929 bits per heavy atom. The van der Waals surface area contributed by atoms with Gasteiger partial charge in [0.2, 0.25) is 0 Å². The molecule has 0 aliphatic heterocycles. The van der Waals surface area contributed by atoms with Crippen molar-refractivity contribution in [2.24, 2.45) is 0 Å². The summed E-state index contributed by atoms with van der Waals surface area (Å²) < 4.78 is 15.6.